The van der Waals surface area contributed by atoms with E-state index >= 15 is 0 Å². The fourth-order valence-corrected chi connectivity index (χ4v) is 4.75. The minimum Gasteiger partial charge on any atom is -0.322 e. The van der Waals surface area contributed by atoms with E-state index in [-0.39, 0.29) is 11.4 Å². The van der Waals surface area contributed by atoms with Gasteiger partial charge in [-0.3, -0.25) is 4.79 Å². The summed E-state index contributed by atoms with van der Waals surface area (Å²) in [6.45, 7) is 1.16. The summed E-state index contributed by atoms with van der Waals surface area (Å²) >= 11 is 3.16. The van der Waals surface area contributed by atoms with Gasteiger partial charge in [0.2, 0.25) is 15.9 Å². The summed E-state index contributed by atoms with van der Waals surface area (Å²) in [7, 11) is -4.01. The van der Waals surface area contributed by atoms with Crippen molar-refractivity contribution in [3.8, 4) is 0 Å². The molecular weight excluding hydrogens is 449 g/mol. The van der Waals surface area contributed by atoms with E-state index in [9.17, 15) is 26.4 Å². The number of hydrogen-bond acceptors (Lipinski definition) is 3. The molecule has 0 spiro atoms. The van der Waals surface area contributed by atoms with Crippen molar-refractivity contribution in [2.75, 3.05) is 18.4 Å². The zero-order valence-electron chi connectivity index (χ0n) is 14.2. The molecule has 5 nitrogen and oxygen atoms in total. The van der Waals surface area contributed by atoms with Crippen molar-refractivity contribution in [2.24, 2.45) is 0 Å². The molecule has 1 N–H and O–H groups in total. The number of hydrogen-bond donors (Lipinski definition) is 1. The van der Waals surface area contributed by atoms with Gasteiger partial charge in [0, 0.05) is 11.0 Å². The summed E-state index contributed by atoms with van der Waals surface area (Å²) in [5.41, 5.74) is -0.575. The average molecular weight is 465 g/mol. The highest BCUT2D eigenvalue weighted by molar-refractivity contribution is 9.10. The van der Waals surface area contributed by atoms with E-state index in [4.69, 9.17) is 0 Å². The zero-order valence-corrected chi connectivity index (χ0v) is 16.6. The Morgan fingerprint density at radius 3 is 2.41 bits per heavy atom. The first kappa shape index (κ1) is 21.4. The molecule has 0 radical (unpaired) electrons. The molecule has 2 aromatic carbocycles. The van der Waals surface area contributed by atoms with Crippen molar-refractivity contribution < 1.29 is 26.4 Å². The third kappa shape index (κ3) is 4.88. The summed E-state index contributed by atoms with van der Waals surface area (Å²) < 4.78 is 66.8. The van der Waals surface area contributed by atoms with E-state index in [0.29, 0.717) is 17.0 Å². The summed E-state index contributed by atoms with van der Waals surface area (Å²) in [5, 5.41) is 2.07. The molecule has 0 unspecified atom stereocenters. The molecule has 0 atom stereocenters. The highest BCUT2D eigenvalue weighted by Crippen LogP contribution is 2.25. The van der Waals surface area contributed by atoms with Crippen LogP contribution >= 0.6 is 15.9 Å². The lowest BCUT2D eigenvalue weighted by molar-refractivity contribution is -0.116. The maximum absolute atomic E-state index is 13.7. The average Bonchev–Trinajstić information content (AvgIpc) is 2.62. The molecular formula is C17H16BrF3N2O3S. The maximum Gasteiger partial charge on any atom is 0.244 e. The Bertz CT molecular complexity index is 954. The van der Waals surface area contributed by atoms with Crippen LogP contribution in [0.15, 0.2) is 45.8 Å². The zero-order chi connectivity index (χ0) is 20.2. The molecule has 0 bridgehead atoms. The van der Waals surface area contributed by atoms with Crippen molar-refractivity contribution >= 4 is 37.5 Å². The van der Waals surface area contributed by atoms with Gasteiger partial charge in [-0.05, 0) is 46.6 Å². The summed E-state index contributed by atoms with van der Waals surface area (Å²) in [6.07, 6.45) is 0.427. The molecule has 2 rings (SSSR count). The molecule has 2 aromatic rings. The number of amides is 1. The molecule has 0 heterocycles. The van der Waals surface area contributed by atoms with Crippen LogP contribution in [0, 0.1) is 17.5 Å². The van der Waals surface area contributed by atoms with Gasteiger partial charge in [-0.1, -0.05) is 19.1 Å². The van der Waals surface area contributed by atoms with Crippen LogP contribution in [0.3, 0.4) is 0 Å². The van der Waals surface area contributed by atoms with Gasteiger partial charge in [0.15, 0.2) is 17.5 Å². The summed E-state index contributed by atoms with van der Waals surface area (Å²) in [4.78, 5) is 12.2. The first-order valence-corrected chi connectivity index (χ1v) is 10.1. The van der Waals surface area contributed by atoms with Gasteiger partial charge in [-0.25, -0.2) is 21.6 Å². The van der Waals surface area contributed by atoms with E-state index in [0.717, 1.165) is 10.4 Å². The molecule has 0 fully saturated rings. The first-order chi connectivity index (χ1) is 12.7. The van der Waals surface area contributed by atoms with E-state index in [1.807, 2.05) is 0 Å². The predicted octanol–water partition coefficient (Wildman–Crippen LogP) is 3.91. The van der Waals surface area contributed by atoms with Crippen molar-refractivity contribution in [2.45, 2.75) is 18.2 Å². The van der Waals surface area contributed by atoms with Crippen LogP contribution in [0.2, 0.25) is 0 Å². The number of rotatable bonds is 7. The Kier molecular flexibility index (Phi) is 7.01. The van der Waals surface area contributed by atoms with E-state index in [1.54, 1.807) is 25.1 Å². The van der Waals surface area contributed by atoms with Crippen molar-refractivity contribution in [3.05, 3.63) is 58.3 Å². The Hall–Kier alpha value is -1.91. The highest BCUT2D eigenvalue weighted by atomic mass is 79.9. The monoisotopic (exact) mass is 464 g/mol. The molecule has 1 amide bonds. The number of sulfonamides is 1. The number of anilines is 1. The first-order valence-electron chi connectivity index (χ1n) is 7.86. The van der Waals surface area contributed by atoms with Crippen LogP contribution in [0.5, 0.6) is 0 Å². The molecule has 0 aliphatic carbocycles. The van der Waals surface area contributed by atoms with Gasteiger partial charge < -0.3 is 5.32 Å². The van der Waals surface area contributed by atoms with Gasteiger partial charge in [0.05, 0.1) is 17.1 Å². The molecule has 27 heavy (non-hydrogen) atoms. The van der Waals surface area contributed by atoms with E-state index < -0.39 is 45.6 Å². The Morgan fingerprint density at radius 2 is 1.78 bits per heavy atom. The number of benzene rings is 2. The van der Waals surface area contributed by atoms with Gasteiger partial charge in [0.1, 0.15) is 0 Å². The highest BCUT2D eigenvalue weighted by Gasteiger charge is 2.28. The summed E-state index contributed by atoms with van der Waals surface area (Å²) in [6, 6.07) is 7.64. The minimum absolute atomic E-state index is 0.0229. The quantitative estimate of drug-likeness (QED) is 0.631. The molecule has 0 aromatic heterocycles. The Balaban J connectivity index is 2.25. The topological polar surface area (TPSA) is 66.5 Å². The van der Waals surface area contributed by atoms with E-state index in [2.05, 4.69) is 21.2 Å². The normalized spacial score (nSPS) is 11.6. The van der Waals surface area contributed by atoms with Crippen LogP contribution < -0.4 is 5.32 Å². The molecule has 146 valence electrons. The smallest absolute Gasteiger partial charge is 0.244 e. The van der Waals surface area contributed by atoms with Crippen LogP contribution in [-0.2, 0) is 14.8 Å². The van der Waals surface area contributed by atoms with Crippen LogP contribution in [0.25, 0.3) is 0 Å². The van der Waals surface area contributed by atoms with Gasteiger partial charge in [-0.15, -0.1) is 0 Å². The number of nitrogens with one attached hydrogen (secondary N) is 1. The fourth-order valence-electron chi connectivity index (χ4n) is 2.30. The lowest BCUT2D eigenvalue weighted by Crippen LogP contribution is -2.38. The Labute approximate surface area is 163 Å². The lowest BCUT2D eigenvalue weighted by Gasteiger charge is -2.22. The Morgan fingerprint density at radius 1 is 1.11 bits per heavy atom. The van der Waals surface area contributed by atoms with Gasteiger partial charge in [-0.2, -0.15) is 4.31 Å². The largest absolute Gasteiger partial charge is 0.322 e. The molecule has 10 heteroatoms. The molecule has 0 saturated heterocycles. The number of nitrogens with zero attached hydrogens (tertiary/aromatic N) is 1. The number of carbonyl (C=O) groups is 1. The number of halogens is 4. The molecule has 0 aliphatic heterocycles. The second kappa shape index (κ2) is 8.85. The molecule has 0 aliphatic rings. The minimum atomic E-state index is -4.01. The standard InChI is InChI=1S/C17H16BrF3N2O3S/c1-2-9-23(27(25,26)14-6-4-3-5-11(14)18)10-15(24)22-13-8-7-12(19)16(20)17(13)21/h3-8H,2,9-10H2,1H3,(H,22,24). The summed E-state index contributed by atoms with van der Waals surface area (Å²) in [5.74, 6) is -5.56. The van der Waals surface area contributed by atoms with Crippen LogP contribution in [0.4, 0.5) is 18.9 Å². The van der Waals surface area contributed by atoms with Crippen LogP contribution in [-0.4, -0.2) is 31.7 Å². The SMILES string of the molecule is CCCN(CC(=O)Nc1ccc(F)c(F)c1F)S(=O)(=O)c1ccccc1Br. The van der Waals surface area contributed by atoms with Crippen LogP contribution in [0.1, 0.15) is 13.3 Å². The fraction of sp³-hybridized carbons (Fsp3) is 0.235. The van der Waals surface area contributed by atoms with Gasteiger partial charge in [0.25, 0.3) is 0 Å². The van der Waals surface area contributed by atoms with Gasteiger partial charge >= 0.3 is 0 Å². The van der Waals surface area contributed by atoms with Crippen molar-refractivity contribution in [3.63, 3.8) is 0 Å². The molecule has 0 saturated carbocycles. The second-order valence-electron chi connectivity index (χ2n) is 5.54. The predicted molar refractivity (Wildman–Crippen MR) is 98.1 cm³/mol. The van der Waals surface area contributed by atoms with E-state index in [1.165, 1.54) is 6.07 Å². The van der Waals surface area contributed by atoms with Crippen molar-refractivity contribution in [1.82, 2.24) is 4.31 Å². The van der Waals surface area contributed by atoms with Crippen molar-refractivity contribution in [1.29, 1.82) is 0 Å². The second-order valence-corrected chi connectivity index (χ2v) is 8.30. The number of carbonyl (C=O) groups excluding carboxylic acids is 1. The third-order valence-corrected chi connectivity index (χ3v) is 6.41. The third-order valence-electron chi connectivity index (χ3n) is 3.56. The maximum atomic E-state index is 13.7. The lowest BCUT2D eigenvalue weighted by atomic mass is 10.2.